The van der Waals surface area contributed by atoms with E-state index in [0.29, 0.717) is 30.9 Å². The molecule has 166 valence electrons. The van der Waals surface area contributed by atoms with Gasteiger partial charge in [-0.3, -0.25) is 4.79 Å². The summed E-state index contributed by atoms with van der Waals surface area (Å²) < 4.78 is 25.4. The number of aryl methyl sites for hydroxylation is 2. The van der Waals surface area contributed by atoms with Gasteiger partial charge in [0.2, 0.25) is 0 Å². The molecule has 1 heterocycles. The fourth-order valence-corrected chi connectivity index (χ4v) is 4.17. The molecule has 0 aromatic heterocycles. The fraction of sp³-hybridized carbons (Fsp3) is 0.296. The summed E-state index contributed by atoms with van der Waals surface area (Å²) in [5.74, 6) is -0.209. The number of benzene rings is 3. The predicted octanol–water partition coefficient (Wildman–Crippen LogP) is 5.98. The second kappa shape index (κ2) is 10.3. The van der Waals surface area contributed by atoms with Crippen molar-refractivity contribution in [2.45, 2.75) is 39.2 Å². The van der Waals surface area contributed by atoms with Crippen LogP contribution in [0.15, 0.2) is 66.7 Å². The average Bonchev–Trinajstić information content (AvgIpc) is 2.82. The van der Waals surface area contributed by atoms with Gasteiger partial charge in [-0.2, -0.15) is 0 Å². The van der Waals surface area contributed by atoms with Crippen molar-refractivity contribution in [2.24, 2.45) is 0 Å². The maximum absolute atomic E-state index is 14.5. The van der Waals surface area contributed by atoms with E-state index < -0.39 is 0 Å². The van der Waals surface area contributed by atoms with Crippen molar-refractivity contribution in [1.82, 2.24) is 0 Å². The average molecular weight is 434 g/mol. The number of ether oxygens (including phenoxy) is 2. The van der Waals surface area contributed by atoms with Gasteiger partial charge in [-0.15, -0.1) is 0 Å². The van der Waals surface area contributed by atoms with E-state index in [1.807, 2.05) is 6.07 Å². The van der Waals surface area contributed by atoms with Crippen molar-refractivity contribution in [3.63, 3.8) is 0 Å². The van der Waals surface area contributed by atoms with E-state index in [1.54, 1.807) is 19.1 Å². The molecule has 5 heteroatoms. The SMILES string of the molecule is CCOC(=O)CCc1ccc(OCc2cccc3c2N(c2ccccc2)CCC3)cc1F. The van der Waals surface area contributed by atoms with Crippen LogP contribution in [0.5, 0.6) is 5.75 Å². The highest BCUT2D eigenvalue weighted by Gasteiger charge is 2.21. The third-order valence-corrected chi connectivity index (χ3v) is 5.69. The summed E-state index contributed by atoms with van der Waals surface area (Å²) in [7, 11) is 0. The van der Waals surface area contributed by atoms with Crippen LogP contribution in [0.1, 0.15) is 36.5 Å². The highest BCUT2D eigenvalue weighted by Crippen LogP contribution is 2.36. The number of halogens is 1. The minimum atomic E-state index is -0.368. The largest absolute Gasteiger partial charge is 0.489 e. The molecular weight excluding hydrogens is 405 g/mol. The Kier molecular flexibility index (Phi) is 7.05. The van der Waals surface area contributed by atoms with Gasteiger partial charge in [0, 0.05) is 30.3 Å². The first-order valence-electron chi connectivity index (χ1n) is 11.2. The van der Waals surface area contributed by atoms with Crippen LogP contribution in [0.2, 0.25) is 0 Å². The van der Waals surface area contributed by atoms with E-state index in [4.69, 9.17) is 9.47 Å². The van der Waals surface area contributed by atoms with E-state index >= 15 is 0 Å². The molecule has 0 N–H and O–H groups in total. The first kappa shape index (κ1) is 21.9. The molecule has 0 spiro atoms. The van der Waals surface area contributed by atoms with Crippen LogP contribution in [-0.2, 0) is 29.0 Å². The van der Waals surface area contributed by atoms with Crippen molar-refractivity contribution in [3.05, 3.63) is 89.2 Å². The first-order chi connectivity index (χ1) is 15.7. The highest BCUT2D eigenvalue weighted by atomic mass is 19.1. The lowest BCUT2D eigenvalue weighted by Gasteiger charge is -2.33. The first-order valence-corrected chi connectivity index (χ1v) is 11.2. The van der Waals surface area contributed by atoms with Gasteiger partial charge >= 0.3 is 5.97 Å². The van der Waals surface area contributed by atoms with Crippen LogP contribution in [-0.4, -0.2) is 19.1 Å². The molecule has 0 atom stereocenters. The molecule has 1 aliphatic heterocycles. The molecule has 1 aliphatic rings. The van der Waals surface area contributed by atoms with Crippen molar-refractivity contribution in [3.8, 4) is 5.75 Å². The molecule has 0 fully saturated rings. The van der Waals surface area contributed by atoms with Crippen LogP contribution < -0.4 is 9.64 Å². The van der Waals surface area contributed by atoms with Gasteiger partial charge in [-0.05, 0) is 55.5 Å². The number of hydrogen-bond acceptors (Lipinski definition) is 4. The van der Waals surface area contributed by atoms with E-state index in [-0.39, 0.29) is 18.2 Å². The van der Waals surface area contributed by atoms with E-state index in [0.717, 1.165) is 30.6 Å². The third kappa shape index (κ3) is 5.10. The fourth-order valence-electron chi connectivity index (χ4n) is 4.17. The number of hydrogen-bond donors (Lipinski definition) is 0. The minimum Gasteiger partial charge on any atom is -0.489 e. The van der Waals surface area contributed by atoms with Crippen LogP contribution in [0.25, 0.3) is 0 Å². The molecule has 0 unspecified atom stereocenters. The Bertz CT molecular complexity index is 1070. The molecule has 4 rings (SSSR count). The smallest absolute Gasteiger partial charge is 0.306 e. The molecule has 3 aromatic carbocycles. The second-order valence-corrected chi connectivity index (χ2v) is 7.86. The zero-order valence-corrected chi connectivity index (χ0v) is 18.4. The number of anilines is 2. The van der Waals surface area contributed by atoms with Crippen LogP contribution in [0.4, 0.5) is 15.8 Å². The molecule has 4 nitrogen and oxygen atoms in total. The standard InChI is InChI=1S/C27H28FNO3/c1-2-31-26(30)16-14-20-13-15-24(18-25(20)28)32-19-22-9-6-8-21-10-7-17-29(27(21)22)23-11-4-3-5-12-23/h3-6,8-9,11-13,15,18H,2,7,10,14,16-17,19H2,1H3. The van der Waals surface area contributed by atoms with Crippen molar-refractivity contribution >= 4 is 17.3 Å². The summed E-state index contributed by atoms with van der Waals surface area (Å²) in [5, 5.41) is 0. The Labute approximate surface area is 188 Å². The number of nitrogens with zero attached hydrogens (tertiary/aromatic N) is 1. The summed E-state index contributed by atoms with van der Waals surface area (Å²) in [5.41, 5.74) is 5.23. The summed E-state index contributed by atoms with van der Waals surface area (Å²) >= 11 is 0. The molecular formula is C27H28FNO3. The molecule has 3 aromatic rings. The summed E-state index contributed by atoms with van der Waals surface area (Å²) in [6.45, 7) is 3.40. The molecule has 32 heavy (non-hydrogen) atoms. The van der Waals surface area contributed by atoms with Crippen molar-refractivity contribution in [1.29, 1.82) is 0 Å². The van der Waals surface area contributed by atoms with Crippen LogP contribution in [0, 0.1) is 5.82 Å². The van der Waals surface area contributed by atoms with E-state index in [1.165, 1.54) is 17.3 Å². The number of fused-ring (bicyclic) bond motifs is 1. The number of rotatable bonds is 8. The maximum atomic E-state index is 14.5. The molecule has 0 aliphatic carbocycles. The lowest BCUT2D eigenvalue weighted by Crippen LogP contribution is -2.26. The summed E-state index contributed by atoms with van der Waals surface area (Å²) in [6.07, 6.45) is 2.61. The molecule has 0 saturated heterocycles. The van der Waals surface area contributed by atoms with E-state index in [9.17, 15) is 9.18 Å². The Morgan fingerprint density at radius 1 is 1.03 bits per heavy atom. The van der Waals surface area contributed by atoms with Crippen molar-refractivity contribution in [2.75, 3.05) is 18.1 Å². The van der Waals surface area contributed by atoms with Gasteiger partial charge in [0.25, 0.3) is 0 Å². The van der Waals surface area contributed by atoms with Gasteiger partial charge in [0.15, 0.2) is 0 Å². The summed E-state index contributed by atoms with van der Waals surface area (Å²) in [6, 6.07) is 21.5. The topological polar surface area (TPSA) is 38.8 Å². The summed E-state index contributed by atoms with van der Waals surface area (Å²) in [4.78, 5) is 13.9. The second-order valence-electron chi connectivity index (χ2n) is 7.86. The van der Waals surface area contributed by atoms with Gasteiger partial charge in [0.1, 0.15) is 18.2 Å². The lowest BCUT2D eigenvalue weighted by molar-refractivity contribution is -0.143. The van der Waals surface area contributed by atoms with Crippen LogP contribution in [0.3, 0.4) is 0 Å². The van der Waals surface area contributed by atoms with Crippen molar-refractivity contribution < 1.29 is 18.7 Å². The normalized spacial score (nSPS) is 12.9. The molecule has 0 bridgehead atoms. The Balaban J connectivity index is 1.48. The Morgan fingerprint density at radius 3 is 2.66 bits per heavy atom. The number of carbonyl (C=O) groups excluding carboxylic acids is 1. The predicted molar refractivity (Wildman–Crippen MR) is 124 cm³/mol. The number of esters is 1. The van der Waals surface area contributed by atoms with E-state index in [2.05, 4.69) is 47.4 Å². The van der Waals surface area contributed by atoms with Gasteiger partial charge in [-0.25, -0.2) is 4.39 Å². The lowest BCUT2D eigenvalue weighted by atomic mass is 9.97. The molecule has 0 amide bonds. The Hall–Kier alpha value is -3.34. The molecule has 0 saturated carbocycles. The van der Waals surface area contributed by atoms with Gasteiger partial charge < -0.3 is 14.4 Å². The minimum absolute atomic E-state index is 0.163. The molecule has 0 radical (unpaired) electrons. The van der Waals surface area contributed by atoms with Gasteiger partial charge in [0.05, 0.1) is 12.3 Å². The van der Waals surface area contributed by atoms with Gasteiger partial charge in [-0.1, -0.05) is 42.5 Å². The Morgan fingerprint density at radius 2 is 1.88 bits per heavy atom. The zero-order chi connectivity index (χ0) is 22.3. The maximum Gasteiger partial charge on any atom is 0.306 e. The third-order valence-electron chi connectivity index (χ3n) is 5.69. The van der Waals surface area contributed by atoms with Crippen LogP contribution >= 0.6 is 0 Å². The monoisotopic (exact) mass is 433 g/mol. The number of carbonyl (C=O) groups is 1. The number of para-hydroxylation sites is 2. The quantitative estimate of drug-likeness (QED) is 0.409. The zero-order valence-electron chi connectivity index (χ0n) is 18.4. The highest BCUT2D eigenvalue weighted by molar-refractivity contribution is 5.71.